The Morgan fingerprint density at radius 3 is 2.79 bits per heavy atom. The molecular weight excluding hydrogens is 390 g/mol. The molecule has 2 amide bonds. The molecule has 1 atom stereocenters. The van der Waals surface area contributed by atoms with E-state index in [1.54, 1.807) is 11.1 Å². The number of hydrogen-bond acceptors (Lipinski definition) is 4. The van der Waals surface area contributed by atoms with Gasteiger partial charge in [-0.2, -0.15) is 0 Å². The Morgan fingerprint density at radius 2 is 1.97 bits per heavy atom. The second-order valence-electron chi connectivity index (χ2n) is 7.84. The zero-order chi connectivity index (χ0) is 20.2. The minimum atomic E-state index is -0.149. The highest BCUT2D eigenvalue weighted by Crippen LogP contribution is 2.32. The van der Waals surface area contributed by atoms with Crippen molar-refractivity contribution < 1.29 is 14.0 Å². The number of aromatic nitrogens is 1. The van der Waals surface area contributed by atoms with Crippen molar-refractivity contribution in [3.05, 3.63) is 52.7 Å². The van der Waals surface area contributed by atoms with Crippen LogP contribution in [0.4, 0.5) is 0 Å². The van der Waals surface area contributed by atoms with Gasteiger partial charge in [-0.25, -0.2) is 4.98 Å². The second-order valence-corrected chi connectivity index (χ2v) is 8.28. The van der Waals surface area contributed by atoms with Crippen LogP contribution in [-0.2, 0) is 16.0 Å². The summed E-state index contributed by atoms with van der Waals surface area (Å²) in [6.45, 7) is 1.52. The van der Waals surface area contributed by atoms with Crippen molar-refractivity contribution in [3.8, 4) is 0 Å². The van der Waals surface area contributed by atoms with Crippen LogP contribution in [0, 0.1) is 0 Å². The second kappa shape index (κ2) is 8.99. The minimum Gasteiger partial charge on any atom is -0.443 e. The molecule has 0 saturated carbocycles. The van der Waals surface area contributed by atoms with Crippen molar-refractivity contribution >= 4 is 23.4 Å². The Balaban J connectivity index is 1.41. The van der Waals surface area contributed by atoms with Gasteiger partial charge < -0.3 is 14.2 Å². The molecule has 3 heterocycles. The number of nitrogens with zero attached hydrogens (tertiary/aromatic N) is 3. The van der Waals surface area contributed by atoms with Gasteiger partial charge in [0.05, 0.1) is 12.7 Å². The summed E-state index contributed by atoms with van der Waals surface area (Å²) in [5.74, 6) is 1.43. The van der Waals surface area contributed by atoms with Crippen LogP contribution in [0.5, 0.6) is 0 Å². The molecule has 2 aliphatic rings. The van der Waals surface area contributed by atoms with Gasteiger partial charge in [0.1, 0.15) is 11.8 Å². The van der Waals surface area contributed by atoms with Crippen LogP contribution in [-0.4, -0.2) is 46.2 Å². The highest BCUT2D eigenvalue weighted by atomic mass is 35.5. The molecule has 2 saturated heterocycles. The first kappa shape index (κ1) is 20.0. The maximum Gasteiger partial charge on any atom is 0.242 e. The van der Waals surface area contributed by atoms with Crippen LogP contribution in [0.1, 0.15) is 61.8 Å². The van der Waals surface area contributed by atoms with E-state index in [2.05, 4.69) is 4.98 Å². The highest BCUT2D eigenvalue weighted by molar-refractivity contribution is 6.30. The number of carbonyl (C=O) groups is 2. The normalized spacial score (nSPS) is 20.2. The molecule has 1 unspecified atom stereocenters. The number of halogens is 1. The fourth-order valence-electron chi connectivity index (χ4n) is 4.14. The lowest BCUT2D eigenvalue weighted by molar-refractivity contribution is -0.141. The van der Waals surface area contributed by atoms with Crippen LogP contribution < -0.4 is 0 Å². The summed E-state index contributed by atoms with van der Waals surface area (Å²) in [4.78, 5) is 33.2. The van der Waals surface area contributed by atoms with E-state index >= 15 is 0 Å². The van der Waals surface area contributed by atoms with Gasteiger partial charge in [-0.15, -0.1) is 0 Å². The first-order valence-corrected chi connectivity index (χ1v) is 10.7. The van der Waals surface area contributed by atoms with E-state index in [0.29, 0.717) is 36.8 Å². The molecule has 2 aliphatic heterocycles. The van der Waals surface area contributed by atoms with Crippen molar-refractivity contribution in [2.45, 2.75) is 51.0 Å². The fourth-order valence-corrected chi connectivity index (χ4v) is 4.27. The van der Waals surface area contributed by atoms with Gasteiger partial charge in [-0.1, -0.05) is 30.2 Å². The smallest absolute Gasteiger partial charge is 0.242 e. The molecule has 0 aliphatic carbocycles. The Morgan fingerprint density at radius 1 is 1.14 bits per heavy atom. The summed E-state index contributed by atoms with van der Waals surface area (Å²) in [6.07, 6.45) is 7.61. The van der Waals surface area contributed by atoms with Gasteiger partial charge >= 0.3 is 0 Å². The number of oxazole rings is 1. The van der Waals surface area contributed by atoms with Crippen LogP contribution >= 0.6 is 11.6 Å². The molecule has 0 radical (unpaired) electrons. The lowest BCUT2D eigenvalue weighted by atomic mass is 10.1. The third-order valence-electron chi connectivity index (χ3n) is 5.72. The first-order chi connectivity index (χ1) is 14.1. The lowest BCUT2D eigenvalue weighted by Crippen LogP contribution is -2.42. The maximum absolute atomic E-state index is 12.9. The van der Waals surface area contributed by atoms with Gasteiger partial charge in [-0.3, -0.25) is 9.59 Å². The quantitative estimate of drug-likeness (QED) is 0.740. The predicted molar refractivity (Wildman–Crippen MR) is 109 cm³/mol. The molecule has 0 spiro atoms. The van der Waals surface area contributed by atoms with E-state index in [1.807, 2.05) is 29.2 Å². The molecule has 0 bridgehead atoms. The number of likely N-dealkylation sites (tertiary alicyclic amines) is 2. The number of amides is 2. The Labute approximate surface area is 175 Å². The fraction of sp³-hybridized carbons (Fsp3) is 0.500. The van der Waals surface area contributed by atoms with Crippen molar-refractivity contribution in [2.75, 3.05) is 19.6 Å². The number of rotatable bonds is 5. The molecule has 2 fully saturated rings. The summed E-state index contributed by atoms with van der Waals surface area (Å²) in [5, 5.41) is 0.704. The van der Waals surface area contributed by atoms with Crippen LogP contribution in [0.15, 0.2) is 34.9 Å². The molecule has 1 aromatic heterocycles. The highest BCUT2D eigenvalue weighted by Gasteiger charge is 2.34. The monoisotopic (exact) mass is 415 g/mol. The molecule has 4 rings (SSSR count). The van der Waals surface area contributed by atoms with Crippen LogP contribution in [0.3, 0.4) is 0 Å². The van der Waals surface area contributed by atoms with Gasteiger partial charge in [-0.05, 0) is 43.4 Å². The van der Waals surface area contributed by atoms with Crippen LogP contribution in [0.25, 0.3) is 0 Å². The topological polar surface area (TPSA) is 66.7 Å². The van der Waals surface area contributed by atoms with E-state index in [-0.39, 0.29) is 24.4 Å². The van der Waals surface area contributed by atoms with Crippen molar-refractivity contribution in [2.24, 2.45) is 0 Å². The van der Waals surface area contributed by atoms with Gasteiger partial charge in [0.2, 0.25) is 17.7 Å². The standard InChI is InChI=1S/C22H26ClN3O3/c23-17-9-7-16(8-10-17)13-18-14-24-22(29-18)19-5-4-12-26(19)21(28)15-25-11-3-1-2-6-20(25)27/h7-10,14,19H,1-6,11-13,15H2. The summed E-state index contributed by atoms with van der Waals surface area (Å²) in [7, 11) is 0. The van der Waals surface area contributed by atoms with E-state index < -0.39 is 0 Å². The molecule has 154 valence electrons. The number of carbonyl (C=O) groups excluding carboxylic acids is 2. The van der Waals surface area contributed by atoms with Crippen LogP contribution in [0.2, 0.25) is 5.02 Å². The summed E-state index contributed by atoms with van der Waals surface area (Å²) >= 11 is 5.94. The lowest BCUT2D eigenvalue weighted by Gasteiger charge is -2.26. The summed E-state index contributed by atoms with van der Waals surface area (Å²) in [5.41, 5.74) is 1.09. The molecule has 1 aromatic carbocycles. The average Bonchev–Trinajstić information content (AvgIpc) is 3.33. The van der Waals surface area contributed by atoms with E-state index in [0.717, 1.165) is 43.4 Å². The largest absolute Gasteiger partial charge is 0.443 e. The van der Waals surface area contributed by atoms with E-state index in [1.165, 1.54) is 0 Å². The zero-order valence-corrected chi connectivity index (χ0v) is 17.2. The first-order valence-electron chi connectivity index (χ1n) is 10.4. The van der Waals surface area contributed by atoms with Crippen molar-refractivity contribution in [1.82, 2.24) is 14.8 Å². The Bertz CT molecular complexity index is 864. The Kier molecular flexibility index (Phi) is 6.19. The molecule has 29 heavy (non-hydrogen) atoms. The van der Waals surface area contributed by atoms with Gasteiger partial charge in [0, 0.05) is 31.0 Å². The number of benzene rings is 1. The third kappa shape index (κ3) is 4.81. The van der Waals surface area contributed by atoms with Gasteiger partial charge in [0.25, 0.3) is 0 Å². The van der Waals surface area contributed by atoms with E-state index in [9.17, 15) is 9.59 Å². The average molecular weight is 416 g/mol. The predicted octanol–water partition coefficient (Wildman–Crippen LogP) is 3.98. The summed E-state index contributed by atoms with van der Waals surface area (Å²) < 4.78 is 5.99. The summed E-state index contributed by atoms with van der Waals surface area (Å²) in [6, 6.07) is 7.50. The minimum absolute atomic E-state index is 0.0137. The molecule has 7 heteroatoms. The van der Waals surface area contributed by atoms with E-state index in [4.69, 9.17) is 16.0 Å². The third-order valence-corrected chi connectivity index (χ3v) is 5.97. The SMILES string of the molecule is O=C1CCCCCN1CC(=O)N1CCCC1c1ncc(Cc2ccc(Cl)cc2)o1. The van der Waals surface area contributed by atoms with Gasteiger partial charge in [0.15, 0.2) is 0 Å². The van der Waals surface area contributed by atoms with Crippen molar-refractivity contribution in [3.63, 3.8) is 0 Å². The van der Waals surface area contributed by atoms with Crippen molar-refractivity contribution in [1.29, 1.82) is 0 Å². The Hall–Kier alpha value is -2.34. The molecular formula is C22H26ClN3O3. The maximum atomic E-state index is 12.9. The molecule has 2 aromatic rings. The number of hydrogen-bond donors (Lipinski definition) is 0. The zero-order valence-electron chi connectivity index (χ0n) is 16.5. The molecule has 6 nitrogen and oxygen atoms in total. The molecule has 0 N–H and O–H groups in total.